The van der Waals surface area contributed by atoms with E-state index in [0.717, 1.165) is 11.3 Å². The normalized spacial score (nSPS) is 12.7. The summed E-state index contributed by atoms with van der Waals surface area (Å²) < 4.78 is 24.0. The maximum atomic E-state index is 12.0. The second-order valence-corrected chi connectivity index (χ2v) is 6.79. The Bertz CT molecular complexity index is 811. The molecule has 0 radical (unpaired) electrons. The van der Waals surface area contributed by atoms with Gasteiger partial charge in [-0.1, -0.05) is 12.1 Å². The van der Waals surface area contributed by atoms with Gasteiger partial charge in [0.2, 0.25) is 10.0 Å². The summed E-state index contributed by atoms with van der Waals surface area (Å²) in [7, 11) is -1.99. The molecule has 0 saturated heterocycles. The van der Waals surface area contributed by atoms with E-state index in [-0.39, 0.29) is 17.0 Å². The van der Waals surface area contributed by atoms with E-state index < -0.39 is 10.0 Å². The molecule has 9 heteroatoms. The summed E-state index contributed by atoms with van der Waals surface area (Å²) in [5, 5.41) is 14.7. The third kappa shape index (κ3) is 4.30. The molecule has 0 fully saturated rings. The minimum absolute atomic E-state index is 0.0308. The van der Waals surface area contributed by atoms with Gasteiger partial charge in [0.15, 0.2) is 0 Å². The fourth-order valence-electron chi connectivity index (χ4n) is 2.11. The molecule has 0 aliphatic rings. The average molecular weight is 337 g/mol. The number of benzene rings is 1. The molecule has 0 saturated carbocycles. The molecule has 0 aliphatic carbocycles. The molecule has 4 N–H and O–H groups in total. The first-order chi connectivity index (χ1) is 10.7. The van der Waals surface area contributed by atoms with Gasteiger partial charge in [-0.15, -0.1) is 0 Å². The van der Waals surface area contributed by atoms with Crippen molar-refractivity contribution >= 4 is 21.9 Å². The number of hydrogen-bond donors (Lipinski definition) is 3. The van der Waals surface area contributed by atoms with Crippen molar-refractivity contribution in [2.75, 3.05) is 5.32 Å². The number of nitrogens with two attached hydrogens (primary N) is 1. The first kappa shape index (κ1) is 17.0. The Morgan fingerprint density at radius 2 is 1.91 bits per heavy atom. The van der Waals surface area contributed by atoms with Crippen LogP contribution in [0.2, 0.25) is 0 Å². The number of amides is 2. The summed E-state index contributed by atoms with van der Waals surface area (Å²) in [6.45, 7) is 3.62. The van der Waals surface area contributed by atoms with Gasteiger partial charge in [0.1, 0.15) is 5.82 Å². The van der Waals surface area contributed by atoms with Crippen LogP contribution in [0.1, 0.15) is 24.2 Å². The molecule has 2 rings (SSSR count). The summed E-state index contributed by atoms with van der Waals surface area (Å²) in [5.74, 6) is 0.580. The number of carbonyl (C=O) groups is 1. The third-order valence-electron chi connectivity index (χ3n) is 3.30. The number of urea groups is 1. The largest absolute Gasteiger partial charge is 0.331 e. The van der Waals surface area contributed by atoms with Crippen molar-refractivity contribution in [1.82, 2.24) is 15.1 Å². The molecule has 8 nitrogen and oxygen atoms in total. The summed E-state index contributed by atoms with van der Waals surface area (Å²) in [5.41, 5.74) is 1.56. The summed E-state index contributed by atoms with van der Waals surface area (Å²) in [6.07, 6.45) is 0. The van der Waals surface area contributed by atoms with E-state index in [4.69, 9.17) is 5.14 Å². The van der Waals surface area contributed by atoms with Crippen molar-refractivity contribution in [3.8, 4) is 0 Å². The minimum atomic E-state index is -3.72. The molecular weight excluding hydrogens is 318 g/mol. The zero-order valence-electron chi connectivity index (χ0n) is 13.1. The molecule has 1 heterocycles. The highest BCUT2D eigenvalue weighted by Gasteiger charge is 2.13. The van der Waals surface area contributed by atoms with Crippen LogP contribution >= 0.6 is 0 Å². The van der Waals surface area contributed by atoms with E-state index in [1.54, 1.807) is 36.9 Å². The van der Waals surface area contributed by atoms with Crippen LogP contribution in [0.25, 0.3) is 0 Å². The second kappa shape index (κ2) is 6.39. The molecule has 0 aliphatic heterocycles. The molecule has 0 unspecified atom stereocenters. The Morgan fingerprint density at radius 3 is 2.39 bits per heavy atom. The summed E-state index contributed by atoms with van der Waals surface area (Å²) >= 11 is 0. The number of hydrogen-bond acceptors (Lipinski definition) is 4. The number of primary sulfonamides is 1. The van der Waals surface area contributed by atoms with Gasteiger partial charge < -0.3 is 5.32 Å². The van der Waals surface area contributed by atoms with E-state index in [1.165, 1.54) is 12.1 Å². The molecule has 0 spiro atoms. The van der Waals surface area contributed by atoms with Crippen molar-refractivity contribution in [2.45, 2.75) is 24.8 Å². The number of aryl methyl sites for hydroxylation is 2. The molecule has 1 aromatic heterocycles. The Morgan fingerprint density at radius 1 is 1.30 bits per heavy atom. The van der Waals surface area contributed by atoms with Gasteiger partial charge in [-0.25, -0.2) is 18.4 Å². The summed E-state index contributed by atoms with van der Waals surface area (Å²) in [6, 6.07) is 7.11. The fourth-order valence-corrected chi connectivity index (χ4v) is 2.62. The van der Waals surface area contributed by atoms with Gasteiger partial charge >= 0.3 is 6.03 Å². The highest BCUT2D eigenvalue weighted by molar-refractivity contribution is 7.89. The number of sulfonamides is 1. The third-order valence-corrected chi connectivity index (χ3v) is 4.23. The SMILES string of the molecule is Cc1cc(NC(=O)N[C@@H](C)c2ccc(S(N)(=O)=O)cc2)n(C)n1. The van der Waals surface area contributed by atoms with Gasteiger partial charge in [0.05, 0.1) is 16.6 Å². The van der Waals surface area contributed by atoms with Crippen LogP contribution < -0.4 is 15.8 Å². The Labute approximate surface area is 134 Å². The van der Waals surface area contributed by atoms with Gasteiger partial charge in [-0.3, -0.25) is 10.00 Å². The molecule has 2 aromatic rings. The lowest BCUT2D eigenvalue weighted by Crippen LogP contribution is -2.31. The van der Waals surface area contributed by atoms with E-state index >= 15 is 0 Å². The van der Waals surface area contributed by atoms with Crippen molar-refractivity contribution < 1.29 is 13.2 Å². The predicted octanol–water partition coefficient (Wildman–Crippen LogP) is 1.26. The average Bonchev–Trinajstić information content (AvgIpc) is 2.75. The van der Waals surface area contributed by atoms with E-state index in [2.05, 4.69) is 15.7 Å². The van der Waals surface area contributed by atoms with Gasteiger partial charge in [0.25, 0.3) is 0 Å². The molecule has 2 amide bonds. The first-order valence-corrected chi connectivity index (χ1v) is 8.42. The smallest absolute Gasteiger partial charge is 0.320 e. The lowest BCUT2D eigenvalue weighted by atomic mass is 10.1. The van der Waals surface area contributed by atoms with Crippen molar-refractivity contribution in [2.24, 2.45) is 12.2 Å². The molecule has 1 aromatic carbocycles. The minimum Gasteiger partial charge on any atom is -0.331 e. The summed E-state index contributed by atoms with van der Waals surface area (Å²) in [4.78, 5) is 12.0. The van der Waals surface area contributed by atoms with Gasteiger partial charge in [0, 0.05) is 13.1 Å². The lowest BCUT2D eigenvalue weighted by molar-refractivity contribution is 0.249. The molecule has 1 atom stereocenters. The van der Waals surface area contributed by atoms with Crippen molar-refractivity contribution in [1.29, 1.82) is 0 Å². The highest BCUT2D eigenvalue weighted by Crippen LogP contribution is 2.16. The standard InChI is InChI=1S/C14H19N5O3S/c1-9-8-13(19(3)18-9)17-14(20)16-10(2)11-4-6-12(7-5-11)23(15,21)22/h4-8,10H,1-3H3,(H2,15,21,22)(H2,16,17,20)/t10-/m0/s1. The zero-order valence-corrected chi connectivity index (χ0v) is 13.9. The lowest BCUT2D eigenvalue weighted by Gasteiger charge is -2.15. The molecule has 0 bridgehead atoms. The van der Waals surface area contributed by atoms with Gasteiger partial charge in [-0.2, -0.15) is 5.10 Å². The molecule has 124 valence electrons. The number of carbonyl (C=O) groups excluding carboxylic acids is 1. The van der Waals surface area contributed by atoms with E-state index in [9.17, 15) is 13.2 Å². The topological polar surface area (TPSA) is 119 Å². The van der Waals surface area contributed by atoms with Crippen molar-refractivity contribution in [3.05, 3.63) is 41.6 Å². The second-order valence-electron chi connectivity index (χ2n) is 5.23. The van der Waals surface area contributed by atoms with Crippen LogP contribution in [-0.4, -0.2) is 24.2 Å². The van der Waals surface area contributed by atoms with Crippen LogP contribution in [0.15, 0.2) is 35.2 Å². The van der Waals surface area contributed by atoms with Crippen molar-refractivity contribution in [3.63, 3.8) is 0 Å². The monoisotopic (exact) mass is 337 g/mol. The number of nitrogens with one attached hydrogen (secondary N) is 2. The highest BCUT2D eigenvalue weighted by atomic mass is 32.2. The Balaban J connectivity index is 2.02. The maximum absolute atomic E-state index is 12.0. The van der Waals surface area contributed by atoms with Gasteiger partial charge in [-0.05, 0) is 31.5 Å². The zero-order chi connectivity index (χ0) is 17.2. The van der Waals surface area contributed by atoms with Crippen LogP contribution in [-0.2, 0) is 17.1 Å². The first-order valence-electron chi connectivity index (χ1n) is 6.88. The molecular formula is C14H19N5O3S. The number of aromatic nitrogens is 2. The van der Waals surface area contributed by atoms with E-state index in [0.29, 0.717) is 5.82 Å². The predicted molar refractivity (Wildman–Crippen MR) is 86.3 cm³/mol. The van der Waals surface area contributed by atoms with Crippen LogP contribution in [0.3, 0.4) is 0 Å². The van der Waals surface area contributed by atoms with Crippen LogP contribution in [0.5, 0.6) is 0 Å². The fraction of sp³-hybridized carbons (Fsp3) is 0.286. The number of rotatable bonds is 4. The molecule has 23 heavy (non-hydrogen) atoms. The quantitative estimate of drug-likeness (QED) is 0.778. The van der Waals surface area contributed by atoms with Crippen LogP contribution in [0.4, 0.5) is 10.6 Å². The maximum Gasteiger partial charge on any atom is 0.320 e. The Kier molecular flexibility index (Phi) is 4.71. The number of anilines is 1. The van der Waals surface area contributed by atoms with E-state index in [1.807, 2.05) is 6.92 Å². The Hall–Kier alpha value is -2.39. The van der Waals surface area contributed by atoms with Crippen LogP contribution in [0, 0.1) is 6.92 Å². The number of nitrogens with zero attached hydrogens (tertiary/aromatic N) is 2.